The van der Waals surface area contributed by atoms with E-state index in [9.17, 15) is 22.8 Å². The van der Waals surface area contributed by atoms with Crippen molar-refractivity contribution >= 4 is 29.1 Å². The molecule has 0 saturated carbocycles. The molecule has 2 aromatic carbocycles. The average Bonchev–Trinajstić information content (AvgIpc) is 3.21. The maximum Gasteiger partial charge on any atom is 0.417 e. The number of halogens is 4. The third kappa shape index (κ3) is 6.21. The summed E-state index contributed by atoms with van der Waals surface area (Å²) in [6.07, 6.45) is -2.28. The summed E-state index contributed by atoms with van der Waals surface area (Å²) in [6.45, 7) is 2.54. The van der Waals surface area contributed by atoms with Gasteiger partial charge in [-0.2, -0.15) is 13.2 Å². The van der Waals surface area contributed by atoms with Gasteiger partial charge in [-0.05, 0) is 61.8 Å². The lowest BCUT2D eigenvalue weighted by molar-refractivity contribution is -0.137. The Bertz CT molecular complexity index is 959. The molecule has 5 nitrogen and oxygen atoms in total. The summed E-state index contributed by atoms with van der Waals surface area (Å²) in [5, 5.41) is 1.93. The topological polar surface area (TPSA) is 52.7 Å². The van der Waals surface area contributed by atoms with Crippen molar-refractivity contribution in [2.24, 2.45) is 0 Å². The number of benzene rings is 2. The summed E-state index contributed by atoms with van der Waals surface area (Å²) in [4.78, 5) is 28.5. The second kappa shape index (κ2) is 9.70. The van der Waals surface area contributed by atoms with Crippen molar-refractivity contribution in [1.29, 1.82) is 0 Å². The predicted molar refractivity (Wildman–Crippen MR) is 113 cm³/mol. The first-order valence-electron chi connectivity index (χ1n) is 9.87. The summed E-state index contributed by atoms with van der Waals surface area (Å²) in [7, 11) is 1.47. The van der Waals surface area contributed by atoms with Crippen LogP contribution in [0.2, 0.25) is 5.02 Å². The molecule has 1 aliphatic heterocycles. The molecule has 1 fully saturated rings. The van der Waals surface area contributed by atoms with Crippen LogP contribution in [-0.4, -0.2) is 48.3 Å². The van der Waals surface area contributed by atoms with Crippen molar-refractivity contribution in [3.05, 3.63) is 64.2 Å². The summed E-state index contributed by atoms with van der Waals surface area (Å²) < 4.78 is 38.9. The molecule has 0 spiro atoms. The van der Waals surface area contributed by atoms with Gasteiger partial charge in [-0.15, -0.1) is 0 Å². The number of likely N-dealkylation sites (tertiary alicyclic amines) is 1. The van der Waals surface area contributed by atoms with Crippen LogP contribution < -0.4 is 5.32 Å². The molecule has 0 aromatic heterocycles. The largest absolute Gasteiger partial charge is 0.417 e. The monoisotopic (exact) mass is 453 g/mol. The molecule has 0 bridgehead atoms. The lowest BCUT2D eigenvalue weighted by Gasteiger charge is -2.19. The summed E-state index contributed by atoms with van der Waals surface area (Å²) in [5.74, 6) is -0.954. The molecular formula is C22H23ClF3N3O2. The van der Waals surface area contributed by atoms with Crippen LogP contribution in [0.25, 0.3) is 0 Å². The molecule has 0 radical (unpaired) electrons. The highest BCUT2D eigenvalue weighted by molar-refractivity contribution is 6.31. The van der Waals surface area contributed by atoms with Gasteiger partial charge in [-0.1, -0.05) is 23.7 Å². The summed E-state index contributed by atoms with van der Waals surface area (Å²) in [5.41, 5.74) is 0.394. The molecule has 1 aliphatic rings. The molecule has 3 rings (SSSR count). The van der Waals surface area contributed by atoms with Gasteiger partial charge in [-0.3, -0.25) is 14.5 Å². The highest BCUT2D eigenvalue weighted by atomic mass is 35.5. The van der Waals surface area contributed by atoms with E-state index >= 15 is 0 Å². The molecule has 0 unspecified atom stereocenters. The van der Waals surface area contributed by atoms with Crippen LogP contribution in [-0.2, 0) is 17.5 Å². The second-order valence-corrected chi connectivity index (χ2v) is 7.99. The van der Waals surface area contributed by atoms with Crippen molar-refractivity contribution in [3.63, 3.8) is 0 Å². The van der Waals surface area contributed by atoms with Crippen LogP contribution in [0.1, 0.15) is 34.3 Å². The first kappa shape index (κ1) is 23.1. The van der Waals surface area contributed by atoms with Crippen LogP contribution in [0.3, 0.4) is 0 Å². The zero-order chi connectivity index (χ0) is 22.6. The van der Waals surface area contributed by atoms with Gasteiger partial charge in [-0.25, -0.2) is 0 Å². The highest BCUT2D eigenvalue weighted by Gasteiger charge is 2.33. The number of carbonyl (C=O) groups is 2. The van der Waals surface area contributed by atoms with Gasteiger partial charge in [0.05, 0.1) is 17.1 Å². The molecule has 0 atom stereocenters. The van der Waals surface area contributed by atoms with E-state index in [1.807, 2.05) is 12.1 Å². The molecule has 0 aliphatic carbocycles. The van der Waals surface area contributed by atoms with Gasteiger partial charge >= 0.3 is 6.18 Å². The van der Waals surface area contributed by atoms with Crippen LogP contribution in [0.5, 0.6) is 0 Å². The average molecular weight is 454 g/mol. The number of likely N-dealkylation sites (N-methyl/N-ethyl adjacent to an activating group) is 1. The van der Waals surface area contributed by atoms with Gasteiger partial charge in [0.25, 0.3) is 5.91 Å². The third-order valence-electron chi connectivity index (χ3n) is 5.06. The maximum atomic E-state index is 13.0. The highest BCUT2D eigenvalue weighted by Crippen LogP contribution is 2.36. The maximum absolute atomic E-state index is 13.0. The standard InChI is InChI=1S/C22H23ClF3N3O2/c1-28(14-20(30)27-17-7-8-19(23)18(12-17)22(24,25)26)21(31)16-6-4-5-15(11-16)13-29-9-2-3-10-29/h4-8,11-12H,2-3,9-10,13-14H2,1H3,(H,27,30). The Hall–Kier alpha value is -2.58. The Morgan fingerprint density at radius 1 is 1.13 bits per heavy atom. The van der Waals surface area contributed by atoms with Gasteiger partial charge in [0.1, 0.15) is 0 Å². The van der Waals surface area contributed by atoms with Crippen LogP contribution in [0, 0.1) is 0 Å². The van der Waals surface area contributed by atoms with E-state index in [2.05, 4.69) is 10.2 Å². The van der Waals surface area contributed by atoms with Crippen LogP contribution >= 0.6 is 11.6 Å². The summed E-state index contributed by atoms with van der Waals surface area (Å²) >= 11 is 5.59. The number of nitrogens with one attached hydrogen (secondary N) is 1. The quantitative estimate of drug-likeness (QED) is 0.691. The van der Waals surface area contributed by atoms with Crippen molar-refractivity contribution in [2.45, 2.75) is 25.6 Å². The van der Waals surface area contributed by atoms with E-state index in [0.29, 0.717) is 5.56 Å². The Morgan fingerprint density at radius 3 is 2.52 bits per heavy atom. The number of nitrogens with zero attached hydrogens (tertiary/aromatic N) is 2. The number of anilines is 1. The van der Waals surface area contributed by atoms with Crippen molar-refractivity contribution in [2.75, 3.05) is 32.0 Å². The number of rotatable bonds is 6. The molecule has 1 saturated heterocycles. The van der Waals surface area contributed by atoms with E-state index in [1.165, 1.54) is 30.9 Å². The minimum atomic E-state index is -4.63. The summed E-state index contributed by atoms with van der Waals surface area (Å²) in [6, 6.07) is 10.4. The molecule has 1 heterocycles. The Labute approximate surface area is 183 Å². The fourth-order valence-corrected chi connectivity index (χ4v) is 3.75. The van der Waals surface area contributed by atoms with E-state index in [0.717, 1.165) is 37.3 Å². The molecule has 166 valence electrons. The second-order valence-electron chi connectivity index (χ2n) is 7.59. The Balaban J connectivity index is 1.61. The molecule has 2 aromatic rings. The number of amides is 2. The van der Waals surface area contributed by atoms with Crippen molar-refractivity contribution in [3.8, 4) is 0 Å². The van der Waals surface area contributed by atoms with Crippen molar-refractivity contribution in [1.82, 2.24) is 9.80 Å². The number of hydrogen-bond donors (Lipinski definition) is 1. The minimum absolute atomic E-state index is 0.0461. The molecule has 31 heavy (non-hydrogen) atoms. The van der Waals surface area contributed by atoms with E-state index in [4.69, 9.17) is 11.6 Å². The molecule has 1 N–H and O–H groups in total. The SMILES string of the molecule is CN(CC(=O)Nc1ccc(Cl)c(C(F)(F)F)c1)C(=O)c1cccc(CN2CCCC2)c1. The number of alkyl halides is 3. The van der Waals surface area contributed by atoms with Gasteiger partial charge in [0.15, 0.2) is 0 Å². The zero-order valence-corrected chi connectivity index (χ0v) is 17.8. The normalized spacial score (nSPS) is 14.5. The first-order valence-corrected chi connectivity index (χ1v) is 10.2. The predicted octanol–water partition coefficient (Wildman–Crippen LogP) is 4.67. The van der Waals surface area contributed by atoms with E-state index in [1.54, 1.807) is 12.1 Å². The molecule has 9 heteroatoms. The lowest BCUT2D eigenvalue weighted by Crippen LogP contribution is -2.35. The number of hydrogen-bond acceptors (Lipinski definition) is 3. The van der Waals surface area contributed by atoms with Gasteiger partial charge in [0.2, 0.25) is 5.91 Å². The van der Waals surface area contributed by atoms with E-state index < -0.39 is 22.7 Å². The fourth-order valence-electron chi connectivity index (χ4n) is 3.53. The molecular weight excluding hydrogens is 431 g/mol. The zero-order valence-electron chi connectivity index (χ0n) is 17.0. The van der Waals surface area contributed by atoms with E-state index in [-0.39, 0.29) is 18.1 Å². The molecule has 2 amide bonds. The Kier molecular flexibility index (Phi) is 7.23. The fraction of sp³-hybridized carbons (Fsp3) is 0.364. The number of carbonyl (C=O) groups excluding carboxylic acids is 2. The smallest absolute Gasteiger partial charge is 0.332 e. The first-order chi connectivity index (χ1) is 14.6. The van der Waals surface area contributed by atoms with Gasteiger partial charge in [0, 0.05) is 24.8 Å². The van der Waals surface area contributed by atoms with Crippen LogP contribution in [0.15, 0.2) is 42.5 Å². The minimum Gasteiger partial charge on any atom is -0.332 e. The lowest BCUT2D eigenvalue weighted by atomic mass is 10.1. The third-order valence-corrected chi connectivity index (χ3v) is 5.39. The van der Waals surface area contributed by atoms with Crippen molar-refractivity contribution < 1.29 is 22.8 Å². The van der Waals surface area contributed by atoms with Gasteiger partial charge < -0.3 is 10.2 Å². The Morgan fingerprint density at radius 2 is 1.84 bits per heavy atom. The van der Waals surface area contributed by atoms with Crippen LogP contribution in [0.4, 0.5) is 18.9 Å².